The van der Waals surface area contributed by atoms with Crippen molar-refractivity contribution in [1.29, 1.82) is 0 Å². The molecule has 0 aromatic carbocycles. The zero-order chi connectivity index (χ0) is 12.5. The van der Waals surface area contributed by atoms with Crippen molar-refractivity contribution in [3.63, 3.8) is 0 Å². The van der Waals surface area contributed by atoms with Crippen molar-refractivity contribution in [1.82, 2.24) is 9.78 Å². The molecule has 90 valence electrons. The minimum atomic E-state index is -4.74. The Morgan fingerprint density at radius 1 is 1.56 bits per heavy atom. The SMILES string of the molecule is CCn1nc(C(=O)OC)c(C(F)(F)F)c1N. The smallest absolute Gasteiger partial charge is 0.422 e. The minimum absolute atomic E-state index is 0.131. The van der Waals surface area contributed by atoms with E-state index in [-0.39, 0.29) is 6.54 Å². The molecular weight excluding hydrogens is 227 g/mol. The second-order valence-corrected chi connectivity index (χ2v) is 2.91. The third-order valence-corrected chi connectivity index (χ3v) is 1.95. The molecule has 16 heavy (non-hydrogen) atoms. The summed E-state index contributed by atoms with van der Waals surface area (Å²) in [6.45, 7) is 1.69. The Labute approximate surface area is 89.0 Å². The number of nitrogens with two attached hydrogens (primary N) is 1. The fourth-order valence-corrected chi connectivity index (χ4v) is 1.24. The Morgan fingerprint density at radius 2 is 2.12 bits per heavy atom. The first-order valence-corrected chi connectivity index (χ1v) is 4.34. The molecule has 1 heterocycles. The van der Waals surface area contributed by atoms with Gasteiger partial charge in [-0.1, -0.05) is 0 Å². The summed E-state index contributed by atoms with van der Waals surface area (Å²) >= 11 is 0. The predicted octanol–water partition coefficient (Wildman–Crippen LogP) is 1.29. The quantitative estimate of drug-likeness (QED) is 0.787. The van der Waals surface area contributed by atoms with Crippen molar-refractivity contribution in [2.45, 2.75) is 19.6 Å². The summed E-state index contributed by atoms with van der Waals surface area (Å²) in [5.41, 5.74) is 3.21. The number of methoxy groups -OCH3 is 1. The van der Waals surface area contributed by atoms with E-state index in [0.717, 1.165) is 11.8 Å². The van der Waals surface area contributed by atoms with Crippen LogP contribution in [-0.4, -0.2) is 22.9 Å². The van der Waals surface area contributed by atoms with Gasteiger partial charge in [0.1, 0.15) is 11.4 Å². The van der Waals surface area contributed by atoms with Gasteiger partial charge in [0.2, 0.25) is 0 Å². The molecule has 1 rings (SSSR count). The fraction of sp³-hybridized carbons (Fsp3) is 0.500. The summed E-state index contributed by atoms with van der Waals surface area (Å²) in [6, 6.07) is 0. The summed E-state index contributed by atoms with van der Waals surface area (Å²) in [4.78, 5) is 11.1. The van der Waals surface area contributed by atoms with Gasteiger partial charge < -0.3 is 10.5 Å². The zero-order valence-electron chi connectivity index (χ0n) is 8.63. The second kappa shape index (κ2) is 4.03. The van der Waals surface area contributed by atoms with E-state index < -0.39 is 29.2 Å². The lowest BCUT2D eigenvalue weighted by Gasteiger charge is -2.06. The third kappa shape index (κ3) is 1.95. The number of anilines is 1. The van der Waals surface area contributed by atoms with Crippen molar-refractivity contribution in [2.24, 2.45) is 0 Å². The van der Waals surface area contributed by atoms with E-state index in [0.29, 0.717) is 0 Å². The highest BCUT2D eigenvalue weighted by molar-refractivity contribution is 5.90. The standard InChI is InChI=1S/C8H10F3N3O2/c1-3-14-6(12)4(8(9,10)11)5(13-14)7(15)16-2/h3,12H2,1-2H3. The molecule has 0 saturated carbocycles. The molecule has 8 heteroatoms. The topological polar surface area (TPSA) is 70.1 Å². The minimum Gasteiger partial charge on any atom is -0.464 e. The number of halogens is 3. The molecule has 0 bridgehead atoms. The van der Waals surface area contributed by atoms with E-state index in [1.807, 2.05) is 0 Å². The second-order valence-electron chi connectivity index (χ2n) is 2.91. The van der Waals surface area contributed by atoms with Crippen LogP contribution in [0.25, 0.3) is 0 Å². The van der Waals surface area contributed by atoms with Crippen LogP contribution in [0, 0.1) is 0 Å². The van der Waals surface area contributed by atoms with Gasteiger partial charge in [-0.3, -0.25) is 0 Å². The average Bonchev–Trinajstić information content (AvgIpc) is 2.53. The van der Waals surface area contributed by atoms with Gasteiger partial charge in [-0.05, 0) is 6.92 Å². The van der Waals surface area contributed by atoms with Crippen LogP contribution < -0.4 is 5.73 Å². The molecule has 1 aromatic heterocycles. The van der Waals surface area contributed by atoms with Gasteiger partial charge in [-0.15, -0.1) is 0 Å². The lowest BCUT2D eigenvalue weighted by molar-refractivity contribution is -0.137. The van der Waals surface area contributed by atoms with Gasteiger partial charge >= 0.3 is 12.1 Å². The Kier molecular flexibility index (Phi) is 3.11. The van der Waals surface area contributed by atoms with Crippen molar-refractivity contribution < 1.29 is 22.7 Å². The first kappa shape index (κ1) is 12.3. The number of carbonyl (C=O) groups is 1. The third-order valence-electron chi connectivity index (χ3n) is 1.95. The molecule has 5 nitrogen and oxygen atoms in total. The molecule has 0 unspecified atom stereocenters. The largest absolute Gasteiger partial charge is 0.464 e. The highest BCUT2D eigenvalue weighted by atomic mass is 19.4. The van der Waals surface area contributed by atoms with Gasteiger partial charge in [-0.25, -0.2) is 9.48 Å². The lowest BCUT2D eigenvalue weighted by atomic mass is 10.2. The molecule has 1 aromatic rings. The normalized spacial score (nSPS) is 11.6. The molecule has 0 aliphatic heterocycles. The highest BCUT2D eigenvalue weighted by Gasteiger charge is 2.41. The fourth-order valence-electron chi connectivity index (χ4n) is 1.24. The van der Waals surface area contributed by atoms with Crippen molar-refractivity contribution in [3.8, 4) is 0 Å². The Balaban J connectivity index is 3.43. The van der Waals surface area contributed by atoms with Gasteiger partial charge in [-0.2, -0.15) is 18.3 Å². The number of hydrogen-bond donors (Lipinski definition) is 1. The number of rotatable bonds is 2. The number of aryl methyl sites for hydroxylation is 1. The molecule has 0 aliphatic rings. The first-order valence-electron chi connectivity index (χ1n) is 4.34. The van der Waals surface area contributed by atoms with E-state index in [1.54, 1.807) is 6.92 Å². The number of alkyl halides is 3. The lowest BCUT2D eigenvalue weighted by Crippen LogP contribution is -2.14. The number of nitrogen functional groups attached to an aromatic ring is 1. The maximum absolute atomic E-state index is 12.6. The average molecular weight is 237 g/mol. The molecule has 0 atom stereocenters. The molecule has 2 N–H and O–H groups in total. The summed E-state index contributed by atoms with van der Waals surface area (Å²) in [6.07, 6.45) is -4.74. The van der Waals surface area contributed by atoms with Gasteiger partial charge in [0.25, 0.3) is 0 Å². The van der Waals surface area contributed by atoms with Crippen LogP contribution in [0.3, 0.4) is 0 Å². The highest BCUT2D eigenvalue weighted by Crippen LogP contribution is 2.36. The van der Waals surface area contributed by atoms with Gasteiger partial charge in [0.15, 0.2) is 5.69 Å². The molecule has 0 radical (unpaired) electrons. The number of hydrogen-bond acceptors (Lipinski definition) is 4. The van der Waals surface area contributed by atoms with E-state index in [4.69, 9.17) is 5.73 Å². The van der Waals surface area contributed by atoms with Gasteiger partial charge in [0, 0.05) is 6.54 Å². The molecular formula is C8H10F3N3O2. The van der Waals surface area contributed by atoms with Crippen LogP contribution in [0.1, 0.15) is 23.0 Å². The van der Waals surface area contributed by atoms with E-state index >= 15 is 0 Å². The Hall–Kier alpha value is -1.73. The monoisotopic (exact) mass is 237 g/mol. The summed E-state index contributed by atoms with van der Waals surface area (Å²) in [5.74, 6) is -1.75. The van der Waals surface area contributed by atoms with E-state index in [9.17, 15) is 18.0 Å². The van der Waals surface area contributed by atoms with E-state index in [1.165, 1.54) is 0 Å². The summed E-state index contributed by atoms with van der Waals surface area (Å²) in [5, 5.41) is 3.46. The Bertz CT molecular complexity index is 411. The number of carbonyl (C=O) groups excluding carboxylic acids is 1. The summed E-state index contributed by atoms with van der Waals surface area (Å²) < 4.78 is 43.0. The van der Waals surface area contributed by atoms with Crippen LogP contribution in [0.2, 0.25) is 0 Å². The van der Waals surface area contributed by atoms with Crippen molar-refractivity contribution in [3.05, 3.63) is 11.3 Å². The molecule has 0 saturated heterocycles. The van der Waals surface area contributed by atoms with Crippen LogP contribution in [0.4, 0.5) is 19.0 Å². The Morgan fingerprint density at radius 3 is 2.50 bits per heavy atom. The number of esters is 1. The van der Waals surface area contributed by atoms with Crippen LogP contribution >= 0.6 is 0 Å². The maximum Gasteiger partial charge on any atom is 0.422 e. The molecule has 0 aliphatic carbocycles. The van der Waals surface area contributed by atoms with Gasteiger partial charge in [0.05, 0.1) is 7.11 Å². The number of nitrogens with zero attached hydrogens (tertiary/aromatic N) is 2. The molecule has 0 amide bonds. The predicted molar refractivity (Wildman–Crippen MR) is 48.7 cm³/mol. The first-order chi connectivity index (χ1) is 7.32. The molecule has 0 spiro atoms. The maximum atomic E-state index is 12.6. The van der Waals surface area contributed by atoms with E-state index in [2.05, 4.69) is 9.84 Å². The van der Waals surface area contributed by atoms with Crippen molar-refractivity contribution in [2.75, 3.05) is 12.8 Å². The summed E-state index contributed by atoms with van der Waals surface area (Å²) in [7, 11) is 0.976. The van der Waals surface area contributed by atoms with Crippen LogP contribution in [0.15, 0.2) is 0 Å². The number of ether oxygens (including phenoxy) is 1. The van der Waals surface area contributed by atoms with Crippen LogP contribution in [0.5, 0.6) is 0 Å². The number of aromatic nitrogens is 2. The zero-order valence-corrected chi connectivity index (χ0v) is 8.63. The van der Waals surface area contributed by atoms with Crippen LogP contribution in [-0.2, 0) is 17.5 Å². The van der Waals surface area contributed by atoms with Crippen molar-refractivity contribution >= 4 is 11.8 Å². The molecule has 0 fully saturated rings.